The Labute approximate surface area is 153 Å². The summed E-state index contributed by atoms with van der Waals surface area (Å²) in [4.78, 5) is 26.3. The molecular formula is C17H18ClN5OS. The van der Waals surface area contributed by atoms with Crippen molar-refractivity contribution in [2.75, 3.05) is 5.32 Å². The van der Waals surface area contributed by atoms with Crippen molar-refractivity contribution >= 4 is 50.2 Å². The molecule has 0 saturated heterocycles. The molecule has 3 aromatic rings. The summed E-state index contributed by atoms with van der Waals surface area (Å²) in [6.45, 7) is 5.60. The predicted octanol–water partition coefficient (Wildman–Crippen LogP) is 2.13. The highest BCUT2D eigenvalue weighted by molar-refractivity contribution is 7.16. The van der Waals surface area contributed by atoms with Crippen LogP contribution in [-0.4, -0.2) is 19.5 Å². The lowest BCUT2D eigenvalue weighted by atomic mass is 10.1. The first kappa shape index (κ1) is 17.6. The van der Waals surface area contributed by atoms with Gasteiger partial charge in [0, 0.05) is 17.8 Å². The van der Waals surface area contributed by atoms with Gasteiger partial charge < -0.3 is 9.88 Å². The molecule has 0 radical (unpaired) electrons. The van der Waals surface area contributed by atoms with Gasteiger partial charge in [-0.15, -0.1) is 11.3 Å². The Morgan fingerprint density at radius 2 is 2.16 bits per heavy atom. The molecule has 3 heterocycles. The number of rotatable bonds is 3. The molecule has 0 amide bonds. The van der Waals surface area contributed by atoms with Gasteiger partial charge in [0.1, 0.15) is 16.7 Å². The number of nitrogens with one attached hydrogen (secondary N) is 1. The van der Waals surface area contributed by atoms with Gasteiger partial charge in [0.2, 0.25) is 0 Å². The van der Waals surface area contributed by atoms with E-state index in [1.807, 2.05) is 26.0 Å². The predicted molar refractivity (Wildman–Crippen MR) is 103 cm³/mol. The van der Waals surface area contributed by atoms with E-state index in [2.05, 4.69) is 20.3 Å². The molecule has 130 valence electrons. The highest BCUT2D eigenvalue weighted by atomic mass is 35.5. The van der Waals surface area contributed by atoms with Crippen LogP contribution in [0.1, 0.15) is 32.5 Å². The summed E-state index contributed by atoms with van der Waals surface area (Å²) in [5.41, 5.74) is 3.19. The number of hydrogen-bond acceptors (Lipinski definition) is 6. The quantitative estimate of drug-likeness (QED) is 0.759. The van der Waals surface area contributed by atoms with Gasteiger partial charge in [-0.25, -0.2) is 15.0 Å². The van der Waals surface area contributed by atoms with Crippen LogP contribution in [0.4, 0.5) is 5.82 Å². The number of thiazole rings is 1. The molecule has 1 unspecified atom stereocenters. The first-order chi connectivity index (χ1) is 11.9. The molecule has 3 rings (SSSR count). The number of halogens is 1. The van der Waals surface area contributed by atoms with Crippen LogP contribution in [0.5, 0.6) is 0 Å². The van der Waals surface area contributed by atoms with Gasteiger partial charge in [-0.05, 0) is 32.1 Å². The second-order valence-electron chi connectivity index (χ2n) is 5.68. The highest BCUT2D eigenvalue weighted by Gasteiger charge is 2.15. The lowest BCUT2D eigenvalue weighted by Gasteiger charge is -2.18. The zero-order valence-corrected chi connectivity index (χ0v) is 15.9. The summed E-state index contributed by atoms with van der Waals surface area (Å²) in [5.74, 6) is 0.650. The number of pyridine rings is 1. The second kappa shape index (κ2) is 6.93. The summed E-state index contributed by atoms with van der Waals surface area (Å²) in [6, 6.07) is 1.82. The van der Waals surface area contributed by atoms with E-state index in [4.69, 9.17) is 11.6 Å². The minimum Gasteiger partial charge on any atom is -0.360 e. The van der Waals surface area contributed by atoms with Crippen LogP contribution < -0.4 is 21.3 Å². The zero-order chi connectivity index (χ0) is 18.1. The normalized spacial score (nSPS) is 14.7. The highest BCUT2D eigenvalue weighted by Crippen LogP contribution is 2.23. The van der Waals surface area contributed by atoms with E-state index in [0.29, 0.717) is 16.1 Å². The molecule has 1 atom stereocenters. The molecule has 0 spiro atoms. The molecule has 1 N–H and O–H groups in total. The van der Waals surface area contributed by atoms with Crippen LogP contribution in [0.15, 0.2) is 22.7 Å². The fourth-order valence-corrected chi connectivity index (χ4v) is 3.62. The lowest BCUT2D eigenvalue weighted by molar-refractivity contribution is 0.706. The third-order valence-corrected chi connectivity index (χ3v) is 5.01. The molecule has 8 heteroatoms. The topological polar surface area (TPSA) is 72.7 Å². The molecule has 0 fully saturated rings. The average Bonchev–Trinajstić information content (AvgIpc) is 3.06. The van der Waals surface area contributed by atoms with Gasteiger partial charge >= 0.3 is 0 Å². The monoisotopic (exact) mass is 375 g/mol. The maximum atomic E-state index is 12.7. The maximum absolute atomic E-state index is 12.7. The van der Waals surface area contributed by atoms with Crippen molar-refractivity contribution in [1.82, 2.24) is 19.5 Å². The maximum Gasteiger partial charge on any atom is 0.259 e. The molecule has 0 aliphatic rings. The van der Waals surface area contributed by atoms with Crippen molar-refractivity contribution < 1.29 is 0 Å². The van der Waals surface area contributed by atoms with E-state index in [1.165, 1.54) is 17.7 Å². The number of nitrogens with zero attached hydrogens (tertiary/aromatic N) is 4. The zero-order valence-electron chi connectivity index (χ0n) is 14.4. The van der Waals surface area contributed by atoms with Crippen molar-refractivity contribution in [2.45, 2.75) is 26.8 Å². The van der Waals surface area contributed by atoms with Crippen molar-refractivity contribution in [2.24, 2.45) is 7.05 Å². The van der Waals surface area contributed by atoms with Gasteiger partial charge in [0.15, 0.2) is 5.82 Å². The molecule has 3 aromatic heterocycles. The Morgan fingerprint density at radius 1 is 1.40 bits per heavy atom. The fourth-order valence-electron chi connectivity index (χ4n) is 2.80. The van der Waals surface area contributed by atoms with Gasteiger partial charge in [-0.3, -0.25) is 4.79 Å². The van der Waals surface area contributed by atoms with Crippen molar-refractivity contribution in [3.05, 3.63) is 44.4 Å². The minimum atomic E-state index is -0.152. The minimum absolute atomic E-state index is 0.117. The van der Waals surface area contributed by atoms with Crippen molar-refractivity contribution in [1.29, 1.82) is 0 Å². The number of anilines is 1. The Balaban J connectivity index is 2.11. The average molecular weight is 376 g/mol. The largest absolute Gasteiger partial charge is 0.360 e. The molecule has 0 saturated carbocycles. The summed E-state index contributed by atoms with van der Waals surface area (Å²) >= 11 is 7.58. The van der Waals surface area contributed by atoms with Crippen LogP contribution in [0.25, 0.3) is 21.5 Å². The third kappa shape index (κ3) is 3.17. The molecule has 0 bridgehead atoms. The third-order valence-electron chi connectivity index (χ3n) is 4.09. The molecular weight excluding hydrogens is 358 g/mol. The SMILES string of the molecule is CC=c1cc(C(C)Nc2ncnc3scnc23)n(C)c(=O)c1=C(C)Cl. The molecule has 0 aromatic carbocycles. The van der Waals surface area contributed by atoms with E-state index in [1.54, 1.807) is 24.0 Å². The van der Waals surface area contributed by atoms with E-state index >= 15 is 0 Å². The van der Waals surface area contributed by atoms with E-state index in [0.717, 1.165) is 21.3 Å². The van der Waals surface area contributed by atoms with E-state index < -0.39 is 0 Å². The molecule has 0 aliphatic carbocycles. The van der Waals surface area contributed by atoms with E-state index in [9.17, 15) is 4.79 Å². The van der Waals surface area contributed by atoms with Gasteiger partial charge in [-0.2, -0.15) is 0 Å². The number of hydrogen-bond donors (Lipinski definition) is 1. The van der Waals surface area contributed by atoms with Crippen molar-refractivity contribution in [3.8, 4) is 0 Å². The Bertz CT molecular complexity index is 1110. The first-order valence-electron chi connectivity index (χ1n) is 7.77. The molecule has 0 aliphatic heterocycles. The molecule has 6 nitrogen and oxygen atoms in total. The lowest BCUT2D eigenvalue weighted by Crippen LogP contribution is -2.46. The summed E-state index contributed by atoms with van der Waals surface area (Å²) in [6.07, 6.45) is 3.40. The summed E-state index contributed by atoms with van der Waals surface area (Å²) in [5, 5.41) is 5.18. The fraction of sp³-hybridized carbons (Fsp3) is 0.294. The van der Waals surface area contributed by atoms with Crippen LogP contribution in [0, 0.1) is 0 Å². The number of aromatic nitrogens is 4. The Kier molecular flexibility index (Phi) is 4.87. The van der Waals surface area contributed by atoms with Gasteiger partial charge in [0.05, 0.1) is 16.8 Å². The van der Waals surface area contributed by atoms with Crippen LogP contribution in [0.2, 0.25) is 0 Å². The van der Waals surface area contributed by atoms with Crippen LogP contribution in [-0.2, 0) is 7.05 Å². The smallest absolute Gasteiger partial charge is 0.259 e. The standard InChI is InChI=1S/C17H18ClN5OS/c1-5-11-6-12(23(4)17(24)13(11)9(2)18)10(3)22-15-14-16(20-7-19-15)25-8-21-14/h5-8,10H,1-4H3,(H,19,20,22). The second-order valence-corrected chi connectivity index (χ2v) is 7.08. The Morgan fingerprint density at radius 3 is 2.84 bits per heavy atom. The Hall–Kier alpha value is -2.25. The van der Waals surface area contributed by atoms with E-state index in [-0.39, 0.29) is 11.6 Å². The molecule has 25 heavy (non-hydrogen) atoms. The first-order valence-corrected chi connectivity index (χ1v) is 9.03. The summed E-state index contributed by atoms with van der Waals surface area (Å²) in [7, 11) is 1.75. The van der Waals surface area contributed by atoms with Crippen LogP contribution >= 0.6 is 22.9 Å². The van der Waals surface area contributed by atoms with Crippen LogP contribution in [0.3, 0.4) is 0 Å². The van der Waals surface area contributed by atoms with Gasteiger partial charge in [0.25, 0.3) is 5.56 Å². The van der Waals surface area contributed by atoms with Crippen molar-refractivity contribution in [3.63, 3.8) is 0 Å². The summed E-state index contributed by atoms with van der Waals surface area (Å²) < 4.78 is 1.62. The van der Waals surface area contributed by atoms with Gasteiger partial charge in [-0.1, -0.05) is 17.7 Å². The number of fused-ring (bicyclic) bond motifs is 1.